The Kier molecular flexibility index (Phi) is 3.65. The van der Waals surface area contributed by atoms with Crippen LogP contribution in [0.4, 0.5) is 0 Å². The van der Waals surface area contributed by atoms with Gasteiger partial charge < -0.3 is 9.30 Å². The molecule has 1 heterocycles. The van der Waals surface area contributed by atoms with Gasteiger partial charge in [-0.25, -0.2) is 4.79 Å². The lowest BCUT2D eigenvalue weighted by molar-refractivity contribution is 0.0461. The van der Waals surface area contributed by atoms with E-state index in [9.17, 15) is 4.79 Å². The Labute approximate surface area is 101 Å². The Balaban J connectivity index is 1.98. The van der Waals surface area contributed by atoms with Gasteiger partial charge in [-0.3, -0.25) is 0 Å². The molecule has 0 fully saturated rings. The van der Waals surface area contributed by atoms with E-state index in [1.807, 2.05) is 30.3 Å². The van der Waals surface area contributed by atoms with Crippen LogP contribution in [0.15, 0.2) is 48.7 Å². The van der Waals surface area contributed by atoms with Gasteiger partial charge in [-0.15, -0.1) is 0 Å². The van der Waals surface area contributed by atoms with Crippen LogP contribution in [0.25, 0.3) is 0 Å². The van der Waals surface area contributed by atoms with Crippen LogP contribution in [0.5, 0.6) is 0 Å². The number of hydrogen-bond acceptors (Lipinski definition) is 2. The van der Waals surface area contributed by atoms with Gasteiger partial charge in [-0.2, -0.15) is 0 Å². The highest BCUT2D eigenvalue weighted by molar-refractivity contribution is 6.07. The van der Waals surface area contributed by atoms with Crippen molar-refractivity contribution in [3.8, 4) is 0 Å². The fourth-order valence-corrected chi connectivity index (χ4v) is 1.56. The van der Waals surface area contributed by atoms with Gasteiger partial charge >= 0.3 is 5.97 Å². The Morgan fingerprint density at radius 2 is 1.94 bits per heavy atom. The summed E-state index contributed by atoms with van der Waals surface area (Å²) in [6, 6.07) is 13.0. The summed E-state index contributed by atoms with van der Waals surface area (Å²) in [7, 11) is 5.50. The number of rotatable bonds is 4. The zero-order valence-corrected chi connectivity index (χ0v) is 9.37. The molecule has 0 aliphatic rings. The SMILES string of the molecule is [B]Cn1cccc1C(=O)OCc1ccccc1. The van der Waals surface area contributed by atoms with Gasteiger partial charge in [0, 0.05) is 6.20 Å². The van der Waals surface area contributed by atoms with E-state index in [0.717, 1.165) is 5.56 Å². The maximum atomic E-state index is 11.8. The molecule has 1 aromatic carbocycles. The van der Waals surface area contributed by atoms with Crippen LogP contribution >= 0.6 is 0 Å². The van der Waals surface area contributed by atoms with Crippen LogP contribution in [0.3, 0.4) is 0 Å². The molecule has 17 heavy (non-hydrogen) atoms. The van der Waals surface area contributed by atoms with E-state index >= 15 is 0 Å². The van der Waals surface area contributed by atoms with E-state index in [4.69, 9.17) is 12.6 Å². The minimum absolute atomic E-state index is 0.267. The molecule has 84 valence electrons. The van der Waals surface area contributed by atoms with Gasteiger partial charge in [0.05, 0.1) is 7.85 Å². The minimum atomic E-state index is -0.357. The maximum absolute atomic E-state index is 11.8. The molecule has 0 spiro atoms. The standard InChI is InChI=1S/C13H12BNO2/c14-10-15-8-4-7-12(15)13(16)17-9-11-5-2-1-3-6-11/h1-8H,9-10H2. The fourth-order valence-electron chi connectivity index (χ4n) is 1.56. The van der Waals surface area contributed by atoms with Crippen molar-refractivity contribution < 1.29 is 9.53 Å². The molecule has 3 nitrogen and oxygen atoms in total. The summed E-state index contributed by atoms with van der Waals surface area (Å²) in [5, 5.41) is 0. The van der Waals surface area contributed by atoms with E-state index < -0.39 is 0 Å². The molecule has 4 heteroatoms. The van der Waals surface area contributed by atoms with Gasteiger partial charge in [0.25, 0.3) is 0 Å². The van der Waals surface area contributed by atoms with Crippen molar-refractivity contribution in [1.82, 2.24) is 4.57 Å². The minimum Gasteiger partial charge on any atom is -0.456 e. The highest BCUT2D eigenvalue weighted by Gasteiger charge is 2.10. The lowest BCUT2D eigenvalue weighted by Gasteiger charge is -2.07. The smallest absolute Gasteiger partial charge is 0.355 e. The van der Waals surface area contributed by atoms with Crippen molar-refractivity contribution in [2.24, 2.45) is 0 Å². The first kappa shape index (κ1) is 11.5. The second-order valence-electron chi connectivity index (χ2n) is 3.61. The van der Waals surface area contributed by atoms with E-state index in [1.165, 1.54) is 0 Å². The molecule has 0 saturated heterocycles. The predicted octanol–water partition coefficient (Wildman–Crippen LogP) is 1.97. The third kappa shape index (κ3) is 2.78. The number of nitrogens with zero attached hydrogens (tertiary/aromatic N) is 1. The molecule has 0 atom stereocenters. The number of hydrogen-bond donors (Lipinski definition) is 0. The molecule has 0 N–H and O–H groups in total. The average molecular weight is 225 g/mol. The van der Waals surface area contributed by atoms with Crippen molar-refractivity contribution in [3.63, 3.8) is 0 Å². The quantitative estimate of drug-likeness (QED) is 0.588. The second kappa shape index (κ2) is 5.39. The Morgan fingerprint density at radius 1 is 1.18 bits per heavy atom. The molecule has 1 aromatic heterocycles. The van der Waals surface area contributed by atoms with Crippen LogP contribution in [-0.4, -0.2) is 18.4 Å². The van der Waals surface area contributed by atoms with Crippen molar-refractivity contribution in [1.29, 1.82) is 0 Å². The molecule has 0 aliphatic heterocycles. The Morgan fingerprint density at radius 3 is 2.65 bits per heavy atom. The predicted molar refractivity (Wildman–Crippen MR) is 65.7 cm³/mol. The van der Waals surface area contributed by atoms with Crippen LogP contribution in [-0.2, 0) is 17.8 Å². The Bertz CT molecular complexity index is 493. The third-order valence-electron chi connectivity index (χ3n) is 2.45. The summed E-state index contributed by atoms with van der Waals surface area (Å²) in [5.41, 5.74) is 1.44. The lowest BCUT2D eigenvalue weighted by atomic mass is 10.1. The summed E-state index contributed by atoms with van der Waals surface area (Å²) in [5.74, 6) is -0.357. The van der Waals surface area contributed by atoms with Crippen LogP contribution in [0, 0.1) is 0 Å². The molecule has 2 aromatic rings. The van der Waals surface area contributed by atoms with Gasteiger partial charge in [0.2, 0.25) is 0 Å². The monoisotopic (exact) mass is 225 g/mol. The lowest BCUT2D eigenvalue weighted by Crippen LogP contribution is -2.11. The molecular formula is C13H12BNO2. The number of aromatic nitrogens is 1. The molecular weight excluding hydrogens is 213 g/mol. The molecule has 0 aliphatic carbocycles. The molecule has 0 amide bonds. The second-order valence-corrected chi connectivity index (χ2v) is 3.61. The first-order valence-electron chi connectivity index (χ1n) is 5.37. The summed E-state index contributed by atoms with van der Waals surface area (Å²) in [6.45, 7) is 0.273. The molecule has 0 unspecified atom stereocenters. The molecule has 2 radical (unpaired) electrons. The highest BCUT2D eigenvalue weighted by atomic mass is 16.5. The average Bonchev–Trinajstić information content (AvgIpc) is 2.85. The van der Waals surface area contributed by atoms with Crippen molar-refractivity contribution in [2.75, 3.05) is 0 Å². The van der Waals surface area contributed by atoms with E-state index in [-0.39, 0.29) is 19.0 Å². The van der Waals surface area contributed by atoms with Crippen LogP contribution in [0.1, 0.15) is 16.1 Å². The normalized spacial score (nSPS) is 10.1. The highest BCUT2D eigenvalue weighted by Crippen LogP contribution is 2.07. The summed E-state index contributed by atoms with van der Waals surface area (Å²) >= 11 is 0. The topological polar surface area (TPSA) is 31.2 Å². The number of carbonyl (C=O) groups is 1. The fraction of sp³-hybridized carbons (Fsp3) is 0.154. The summed E-state index contributed by atoms with van der Waals surface area (Å²) in [4.78, 5) is 11.8. The zero-order chi connectivity index (χ0) is 12.1. The number of carbonyl (C=O) groups excluding carboxylic acids is 1. The van der Waals surface area contributed by atoms with Crippen molar-refractivity contribution >= 4 is 13.8 Å². The third-order valence-corrected chi connectivity index (χ3v) is 2.45. The first-order chi connectivity index (χ1) is 8.31. The summed E-state index contributed by atoms with van der Waals surface area (Å²) in [6.07, 6.45) is 2.02. The van der Waals surface area contributed by atoms with Gasteiger partial charge in [0.15, 0.2) is 0 Å². The van der Waals surface area contributed by atoms with E-state index in [1.54, 1.807) is 22.9 Å². The van der Waals surface area contributed by atoms with Gasteiger partial charge in [-0.1, -0.05) is 30.3 Å². The van der Waals surface area contributed by atoms with Crippen molar-refractivity contribution in [3.05, 3.63) is 59.9 Å². The summed E-state index contributed by atoms with van der Waals surface area (Å²) < 4.78 is 6.85. The molecule has 0 saturated carbocycles. The zero-order valence-electron chi connectivity index (χ0n) is 9.37. The van der Waals surface area contributed by atoms with Crippen LogP contribution in [0.2, 0.25) is 0 Å². The molecule has 2 rings (SSSR count). The van der Waals surface area contributed by atoms with Crippen molar-refractivity contribution in [2.45, 2.75) is 13.1 Å². The van der Waals surface area contributed by atoms with Gasteiger partial charge in [0.1, 0.15) is 12.3 Å². The first-order valence-corrected chi connectivity index (χ1v) is 5.37. The largest absolute Gasteiger partial charge is 0.456 e. The maximum Gasteiger partial charge on any atom is 0.355 e. The number of esters is 1. The Hall–Kier alpha value is -1.97. The van der Waals surface area contributed by atoms with Crippen LogP contribution < -0.4 is 0 Å². The molecule has 0 bridgehead atoms. The van der Waals surface area contributed by atoms with E-state index in [2.05, 4.69) is 0 Å². The van der Waals surface area contributed by atoms with E-state index in [0.29, 0.717) is 5.69 Å². The number of benzene rings is 1. The number of ether oxygens (including phenoxy) is 1. The van der Waals surface area contributed by atoms with Gasteiger partial charge in [-0.05, 0) is 24.1 Å².